The summed E-state index contributed by atoms with van der Waals surface area (Å²) in [5.41, 5.74) is 1.91. The van der Waals surface area contributed by atoms with Crippen LogP contribution in [0.3, 0.4) is 0 Å². The third kappa shape index (κ3) is 4.78. The number of aromatic nitrogens is 3. The number of nitrogens with zero attached hydrogens (tertiary/aromatic N) is 6. The van der Waals surface area contributed by atoms with Gasteiger partial charge in [-0.3, -0.25) is 4.90 Å². The van der Waals surface area contributed by atoms with Crippen LogP contribution in [0.4, 0.5) is 33.5 Å². The van der Waals surface area contributed by atoms with Crippen molar-refractivity contribution in [3.63, 3.8) is 0 Å². The Morgan fingerprint density at radius 1 is 1.26 bits per heavy atom. The number of benzene rings is 1. The number of ether oxygens (including phenoxy) is 2. The molecule has 5 heterocycles. The van der Waals surface area contributed by atoms with Gasteiger partial charge in [-0.2, -0.15) is 28.4 Å². The van der Waals surface area contributed by atoms with Crippen molar-refractivity contribution in [3.05, 3.63) is 28.5 Å². The number of rotatable bonds is 4. The third-order valence-corrected chi connectivity index (χ3v) is 8.35. The van der Waals surface area contributed by atoms with Crippen molar-refractivity contribution >= 4 is 34.0 Å². The monoisotopic (exact) mass is 609 g/mol. The van der Waals surface area contributed by atoms with Crippen LogP contribution in [0.25, 0.3) is 22.2 Å². The molecule has 15 heteroatoms. The van der Waals surface area contributed by atoms with Gasteiger partial charge in [-0.1, -0.05) is 11.6 Å². The molecule has 0 amide bonds. The Bertz CT molecular complexity index is 1620. The highest BCUT2D eigenvalue weighted by molar-refractivity contribution is 6.32. The first-order valence-corrected chi connectivity index (χ1v) is 13.6. The fourth-order valence-corrected chi connectivity index (χ4v) is 6.54. The van der Waals surface area contributed by atoms with Crippen LogP contribution in [0.2, 0.25) is 5.02 Å². The van der Waals surface area contributed by atoms with Gasteiger partial charge >= 0.3 is 12.2 Å². The Morgan fingerprint density at radius 2 is 2.05 bits per heavy atom. The molecule has 2 N–H and O–H groups in total. The Morgan fingerprint density at radius 3 is 2.79 bits per heavy atom. The lowest BCUT2D eigenvalue weighted by molar-refractivity contribution is -0.137. The van der Waals surface area contributed by atoms with E-state index in [2.05, 4.69) is 21.0 Å². The van der Waals surface area contributed by atoms with Gasteiger partial charge in [0.25, 0.3) is 0 Å². The molecule has 6 rings (SSSR count). The molecule has 222 valence electrons. The topological polar surface area (TPSA) is 113 Å². The maximum absolute atomic E-state index is 16.4. The van der Waals surface area contributed by atoms with Crippen molar-refractivity contribution in [2.24, 2.45) is 5.92 Å². The number of nitrogens with two attached hydrogens (primary N) is 1. The van der Waals surface area contributed by atoms with E-state index in [-0.39, 0.29) is 55.0 Å². The maximum Gasteiger partial charge on any atom is 0.418 e. The van der Waals surface area contributed by atoms with E-state index in [0.717, 1.165) is 25.1 Å². The number of halogens is 6. The highest BCUT2D eigenvalue weighted by Gasteiger charge is 2.49. The minimum absolute atomic E-state index is 0.00334. The Kier molecular flexibility index (Phi) is 6.93. The number of nitrogen functional groups attached to an aromatic ring is 1. The molecule has 1 aromatic carbocycles. The fraction of sp³-hybridized carbons (Fsp3) is 0.481. The molecule has 3 aromatic rings. The van der Waals surface area contributed by atoms with E-state index in [1.807, 2.05) is 4.90 Å². The fourth-order valence-electron chi connectivity index (χ4n) is 6.20. The Balaban J connectivity index is 1.54. The zero-order valence-electron chi connectivity index (χ0n) is 22.3. The van der Waals surface area contributed by atoms with Gasteiger partial charge in [-0.15, -0.1) is 0 Å². The first-order chi connectivity index (χ1) is 19.9. The molecule has 0 bridgehead atoms. The van der Waals surface area contributed by atoms with E-state index in [9.17, 15) is 22.8 Å². The van der Waals surface area contributed by atoms with Crippen LogP contribution in [-0.2, 0) is 6.18 Å². The molecular formula is C27H25ClF5N7O2. The van der Waals surface area contributed by atoms with E-state index in [0.29, 0.717) is 13.0 Å². The second-order valence-electron chi connectivity index (χ2n) is 10.9. The zero-order valence-corrected chi connectivity index (χ0v) is 23.1. The molecule has 1 unspecified atom stereocenters. The van der Waals surface area contributed by atoms with Gasteiger partial charge in [0.15, 0.2) is 5.82 Å². The average molecular weight is 610 g/mol. The molecule has 42 heavy (non-hydrogen) atoms. The summed E-state index contributed by atoms with van der Waals surface area (Å²) in [6, 6.07) is 3.68. The van der Waals surface area contributed by atoms with Crippen LogP contribution >= 0.6 is 11.6 Å². The molecular weight excluding hydrogens is 585 g/mol. The van der Waals surface area contributed by atoms with E-state index in [4.69, 9.17) is 26.8 Å². The average Bonchev–Trinajstić information content (AvgIpc) is 3.43. The van der Waals surface area contributed by atoms with Crippen LogP contribution in [0, 0.1) is 23.1 Å². The van der Waals surface area contributed by atoms with Gasteiger partial charge in [0, 0.05) is 37.8 Å². The van der Waals surface area contributed by atoms with Crippen molar-refractivity contribution in [2.75, 3.05) is 50.5 Å². The second-order valence-corrected chi connectivity index (χ2v) is 11.3. The van der Waals surface area contributed by atoms with Crippen molar-refractivity contribution < 1.29 is 31.4 Å². The summed E-state index contributed by atoms with van der Waals surface area (Å²) in [5.74, 6) is -2.03. The summed E-state index contributed by atoms with van der Waals surface area (Å²) >= 11 is 5.94. The van der Waals surface area contributed by atoms with Gasteiger partial charge < -0.3 is 20.1 Å². The predicted octanol–water partition coefficient (Wildman–Crippen LogP) is 5.01. The molecule has 3 aliphatic rings. The number of hydrogen-bond acceptors (Lipinski definition) is 9. The van der Waals surface area contributed by atoms with Crippen LogP contribution in [0.15, 0.2) is 12.1 Å². The molecule has 9 nitrogen and oxygen atoms in total. The molecule has 2 fully saturated rings. The van der Waals surface area contributed by atoms with Gasteiger partial charge in [0.1, 0.15) is 41.8 Å². The summed E-state index contributed by atoms with van der Waals surface area (Å²) in [7, 11) is 1.62. The quantitative estimate of drug-likeness (QED) is 0.322. The lowest BCUT2D eigenvalue weighted by Gasteiger charge is -2.31. The van der Waals surface area contributed by atoms with E-state index in [1.165, 1.54) is 0 Å². The van der Waals surface area contributed by atoms with Gasteiger partial charge in [-0.25, -0.2) is 13.8 Å². The van der Waals surface area contributed by atoms with Crippen molar-refractivity contribution in [2.45, 2.75) is 37.1 Å². The minimum Gasteiger partial charge on any atom is -0.476 e. The zero-order chi connectivity index (χ0) is 30.0. The molecule has 3 atom stereocenters. The number of fused-ring (bicyclic) bond motifs is 1. The largest absolute Gasteiger partial charge is 0.476 e. The SMILES string of the molecule is CN1CC(C#N)COc2nc(-c3cc(N)cc(Cl)c3C(F)(F)F)c(F)c3nc(OC[C@@]45CCCN4C[C@H](F)C5)nc1c23. The normalized spacial score (nSPS) is 24.2. The van der Waals surface area contributed by atoms with E-state index in [1.54, 1.807) is 11.9 Å². The second kappa shape index (κ2) is 10.2. The first-order valence-electron chi connectivity index (χ1n) is 13.2. The number of anilines is 2. The third-order valence-electron chi connectivity index (χ3n) is 8.05. The number of nitriles is 1. The van der Waals surface area contributed by atoms with Crippen molar-refractivity contribution in [1.82, 2.24) is 19.9 Å². The van der Waals surface area contributed by atoms with Crippen LogP contribution in [0.1, 0.15) is 24.8 Å². The van der Waals surface area contributed by atoms with Gasteiger partial charge in [0.2, 0.25) is 5.88 Å². The number of alkyl halides is 4. The summed E-state index contributed by atoms with van der Waals surface area (Å²) < 4.78 is 84.7. The van der Waals surface area contributed by atoms with Crippen LogP contribution in [0.5, 0.6) is 11.9 Å². The first kappa shape index (κ1) is 28.4. The smallest absolute Gasteiger partial charge is 0.418 e. The molecule has 2 aromatic heterocycles. The van der Waals surface area contributed by atoms with E-state index >= 15 is 4.39 Å². The van der Waals surface area contributed by atoms with Gasteiger partial charge in [-0.05, 0) is 31.5 Å². The summed E-state index contributed by atoms with van der Waals surface area (Å²) in [5, 5.41) is 8.88. The highest BCUT2D eigenvalue weighted by atomic mass is 35.5. The summed E-state index contributed by atoms with van der Waals surface area (Å²) in [6.45, 7) is 1.03. The maximum atomic E-state index is 16.4. The summed E-state index contributed by atoms with van der Waals surface area (Å²) in [6.07, 6.45) is -4.14. The molecule has 0 saturated carbocycles. The molecule has 3 aliphatic heterocycles. The van der Waals surface area contributed by atoms with E-state index < -0.39 is 57.0 Å². The van der Waals surface area contributed by atoms with Crippen molar-refractivity contribution in [1.29, 1.82) is 5.26 Å². The van der Waals surface area contributed by atoms with Crippen LogP contribution in [-0.4, -0.2) is 71.5 Å². The Hall–Kier alpha value is -3.70. The number of pyridine rings is 1. The predicted molar refractivity (Wildman–Crippen MR) is 144 cm³/mol. The highest BCUT2D eigenvalue weighted by Crippen LogP contribution is 2.46. The minimum atomic E-state index is -4.98. The molecule has 0 radical (unpaired) electrons. The molecule has 2 saturated heterocycles. The standard InChI is InChI=1S/C27H25ClF5N7O2/c1-39-9-13(8-34)11-41-24-18-22(20(30)21(36-24)16-5-15(35)6-17(28)19(16)27(31,32)33)37-25(38-23(18)39)42-12-26-3-2-4-40(26)10-14(29)7-26/h5-6,13-14H,2-4,7,9-12,35H2,1H3/t13?,14-,26+/m1/s1. The van der Waals surface area contributed by atoms with Crippen molar-refractivity contribution in [3.8, 4) is 29.2 Å². The lowest BCUT2D eigenvalue weighted by atomic mass is 9.95. The molecule has 0 spiro atoms. The van der Waals surface area contributed by atoms with Crippen LogP contribution < -0.4 is 20.1 Å². The van der Waals surface area contributed by atoms with Gasteiger partial charge in [0.05, 0.1) is 28.1 Å². The number of hydrogen-bond donors (Lipinski definition) is 1. The molecule has 0 aliphatic carbocycles. The Labute approximate surface area is 242 Å². The summed E-state index contributed by atoms with van der Waals surface area (Å²) in [4.78, 5) is 16.5. The lowest BCUT2D eigenvalue weighted by Crippen LogP contribution is -2.43.